The van der Waals surface area contributed by atoms with E-state index in [0.29, 0.717) is 16.8 Å². The Morgan fingerprint density at radius 1 is 1.00 bits per heavy atom. The van der Waals surface area contributed by atoms with Crippen molar-refractivity contribution < 1.29 is 9.21 Å². The van der Waals surface area contributed by atoms with E-state index in [4.69, 9.17) is 4.42 Å². The Morgan fingerprint density at radius 2 is 1.85 bits per heavy atom. The van der Waals surface area contributed by atoms with Crippen LogP contribution in [0.5, 0.6) is 0 Å². The van der Waals surface area contributed by atoms with Crippen molar-refractivity contribution in [1.29, 1.82) is 0 Å². The number of fused-ring (bicyclic) bond motifs is 1. The number of amides is 1. The number of benzene rings is 2. The molecular formula is C19H14N4O2S. The minimum Gasteiger partial charge on any atom is -0.410 e. The fourth-order valence-corrected chi connectivity index (χ4v) is 3.02. The summed E-state index contributed by atoms with van der Waals surface area (Å²) in [6.45, 7) is 0. The zero-order valence-corrected chi connectivity index (χ0v) is 14.4. The van der Waals surface area contributed by atoms with Crippen molar-refractivity contribution in [3.63, 3.8) is 0 Å². The highest BCUT2D eigenvalue weighted by atomic mass is 32.2. The Balaban J connectivity index is 1.37. The van der Waals surface area contributed by atoms with E-state index in [1.807, 2.05) is 54.6 Å². The number of nitrogens with one attached hydrogen (secondary N) is 1. The zero-order chi connectivity index (χ0) is 17.8. The van der Waals surface area contributed by atoms with E-state index < -0.39 is 0 Å². The molecule has 0 atom stereocenters. The standard InChI is InChI=1S/C19H14N4O2S/c24-17(21-15-9-8-13-5-1-2-6-14(13)11-15)12-26-19-23-22-18(25-19)16-7-3-4-10-20-16/h1-11H,12H2,(H,21,24). The van der Waals surface area contributed by atoms with Gasteiger partial charge in [-0.3, -0.25) is 9.78 Å². The van der Waals surface area contributed by atoms with E-state index >= 15 is 0 Å². The predicted molar refractivity (Wildman–Crippen MR) is 101 cm³/mol. The largest absolute Gasteiger partial charge is 0.410 e. The summed E-state index contributed by atoms with van der Waals surface area (Å²) in [5, 5.41) is 13.3. The van der Waals surface area contributed by atoms with Crippen molar-refractivity contribution in [2.75, 3.05) is 11.1 Å². The number of carbonyl (C=O) groups excluding carboxylic acids is 1. The fraction of sp³-hybridized carbons (Fsp3) is 0.0526. The maximum atomic E-state index is 12.2. The molecule has 7 heteroatoms. The average molecular weight is 362 g/mol. The van der Waals surface area contributed by atoms with Crippen LogP contribution in [0.4, 0.5) is 5.69 Å². The van der Waals surface area contributed by atoms with Crippen LogP contribution < -0.4 is 5.32 Å². The Hall–Kier alpha value is -3.19. The van der Waals surface area contributed by atoms with Crippen molar-refractivity contribution in [1.82, 2.24) is 15.2 Å². The summed E-state index contributed by atoms with van der Waals surface area (Å²) in [7, 11) is 0. The zero-order valence-electron chi connectivity index (χ0n) is 13.6. The van der Waals surface area contributed by atoms with E-state index in [0.717, 1.165) is 16.5 Å². The molecule has 2 aromatic heterocycles. The molecule has 0 saturated carbocycles. The number of pyridine rings is 1. The van der Waals surface area contributed by atoms with Crippen molar-refractivity contribution in [3.05, 3.63) is 66.9 Å². The molecule has 6 nitrogen and oxygen atoms in total. The third-order valence-electron chi connectivity index (χ3n) is 3.65. The quantitative estimate of drug-likeness (QED) is 0.540. The molecule has 2 heterocycles. The number of hydrogen-bond donors (Lipinski definition) is 1. The summed E-state index contributed by atoms with van der Waals surface area (Å²) in [4.78, 5) is 16.3. The molecule has 0 fully saturated rings. The lowest BCUT2D eigenvalue weighted by Crippen LogP contribution is -2.13. The Bertz CT molecular complexity index is 1050. The Morgan fingerprint density at radius 3 is 2.69 bits per heavy atom. The minimum atomic E-state index is -0.136. The van der Waals surface area contributed by atoms with Crippen molar-refractivity contribution in [3.8, 4) is 11.6 Å². The first-order valence-electron chi connectivity index (χ1n) is 7.94. The monoisotopic (exact) mass is 362 g/mol. The predicted octanol–water partition coefficient (Wildman–Crippen LogP) is 4.02. The Kier molecular flexibility index (Phi) is 4.61. The number of anilines is 1. The summed E-state index contributed by atoms with van der Waals surface area (Å²) in [5.41, 5.74) is 1.36. The number of rotatable bonds is 5. The van der Waals surface area contributed by atoms with Crippen molar-refractivity contribution >= 4 is 34.1 Å². The molecule has 26 heavy (non-hydrogen) atoms. The number of thioether (sulfide) groups is 1. The second kappa shape index (κ2) is 7.37. The van der Waals surface area contributed by atoms with Crippen LogP contribution in [-0.2, 0) is 4.79 Å². The molecule has 1 N–H and O–H groups in total. The summed E-state index contributed by atoms with van der Waals surface area (Å²) in [6.07, 6.45) is 1.66. The van der Waals surface area contributed by atoms with Gasteiger partial charge in [0.1, 0.15) is 5.69 Å². The molecule has 2 aromatic carbocycles. The molecule has 1 amide bonds. The first kappa shape index (κ1) is 16.3. The maximum Gasteiger partial charge on any atom is 0.277 e. The molecule has 4 aromatic rings. The number of aromatic nitrogens is 3. The third kappa shape index (κ3) is 3.73. The molecule has 0 aliphatic rings. The second-order valence-corrected chi connectivity index (χ2v) is 6.41. The fourth-order valence-electron chi connectivity index (χ4n) is 2.45. The molecule has 0 saturated heterocycles. The molecule has 128 valence electrons. The van der Waals surface area contributed by atoms with Gasteiger partial charge in [0.15, 0.2) is 0 Å². The van der Waals surface area contributed by atoms with Gasteiger partial charge in [0, 0.05) is 11.9 Å². The molecule has 0 aliphatic heterocycles. The highest BCUT2D eigenvalue weighted by Gasteiger charge is 2.12. The average Bonchev–Trinajstić information content (AvgIpc) is 3.16. The van der Waals surface area contributed by atoms with Crippen LogP contribution in [0.25, 0.3) is 22.4 Å². The van der Waals surface area contributed by atoms with E-state index in [9.17, 15) is 4.79 Å². The van der Waals surface area contributed by atoms with Gasteiger partial charge >= 0.3 is 0 Å². The first-order chi connectivity index (χ1) is 12.8. The summed E-state index contributed by atoms with van der Waals surface area (Å²) >= 11 is 1.19. The topological polar surface area (TPSA) is 80.9 Å². The van der Waals surface area contributed by atoms with Gasteiger partial charge in [-0.2, -0.15) is 0 Å². The van der Waals surface area contributed by atoms with Crippen LogP contribution in [0, 0.1) is 0 Å². The summed E-state index contributed by atoms with van der Waals surface area (Å²) < 4.78 is 5.53. The van der Waals surface area contributed by atoms with Crippen molar-refractivity contribution in [2.45, 2.75) is 5.22 Å². The van der Waals surface area contributed by atoms with Crippen molar-refractivity contribution in [2.24, 2.45) is 0 Å². The normalized spacial score (nSPS) is 10.8. The molecular weight excluding hydrogens is 348 g/mol. The van der Waals surface area contributed by atoms with Gasteiger partial charge in [-0.15, -0.1) is 10.2 Å². The summed E-state index contributed by atoms with van der Waals surface area (Å²) in [5.74, 6) is 0.377. The van der Waals surface area contributed by atoms with Crippen LogP contribution >= 0.6 is 11.8 Å². The van der Waals surface area contributed by atoms with Gasteiger partial charge in [-0.1, -0.05) is 48.2 Å². The van der Waals surface area contributed by atoms with E-state index in [1.54, 1.807) is 12.3 Å². The van der Waals surface area contributed by atoms with Gasteiger partial charge in [0.2, 0.25) is 5.91 Å². The third-order valence-corrected chi connectivity index (χ3v) is 4.47. The highest BCUT2D eigenvalue weighted by Crippen LogP contribution is 2.22. The van der Waals surface area contributed by atoms with Gasteiger partial charge < -0.3 is 9.73 Å². The number of carbonyl (C=O) groups is 1. The van der Waals surface area contributed by atoms with Crippen LogP contribution in [-0.4, -0.2) is 26.8 Å². The van der Waals surface area contributed by atoms with Crippen LogP contribution in [0.3, 0.4) is 0 Å². The summed E-state index contributed by atoms with van der Waals surface area (Å²) in [6, 6.07) is 19.3. The van der Waals surface area contributed by atoms with Gasteiger partial charge in [0.25, 0.3) is 11.1 Å². The molecule has 0 spiro atoms. The first-order valence-corrected chi connectivity index (χ1v) is 8.93. The minimum absolute atomic E-state index is 0.136. The lowest BCUT2D eigenvalue weighted by atomic mass is 10.1. The van der Waals surface area contributed by atoms with Crippen LogP contribution in [0.2, 0.25) is 0 Å². The van der Waals surface area contributed by atoms with E-state index in [2.05, 4.69) is 20.5 Å². The van der Waals surface area contributed by atoms with E-state index in [1.165, 1.54) is 11.8 Å². The van der Waals surface area contributed by atoms with Crippen LogP contribution in [0.15, 0.2) is 76.5 Å². The Labute approximate surface area is 153 Å². The van der Waals surface area contributed by atoms with Gasteiger partial charge in [-0.25, -0.2) is 0 Å². The number of nitrogens with zero attached hydrogens (tertiary/aromatic N) is 3. The van der Waals surface area contributed by atoms with Gasteiger partial charge in [-0.05, 0) is 35.0 Å². The molecule has 0 bridgehead atoms. The second-order valence-electron chi connectivity index (χ2n) is 5.49. The lowest BCUT2D eigenvalue weighted by Gasteiger charge is -2.05. The molecule has 0 aliphatic carbocycles. The van der Waals surface area contributed by atoms with Crippen LogP contribution in [0.1, 0.15) is 0 Å². The number of hydrogen-bond acceptors (Lipinski definition) is 6. The van der Waals surface area contributed by atoms with E-state index in [-0.39, 0.29) is 11.7 Å². The molecule has 0 unspecified atom stereocenters. The smallest absolute Gasteiger partial charge is 0.277 e. The van der Waals surface area contributed by atoms with Gasteiger partial charge in [0.05, 0.1) is 5.75 Å². The highest BCUT2D eigenvalue weighted by molar-refractivity contribution is 7.99. The maximum absolute atomic E-state index is 12.2. The molecule has 0 radical (unpaired) electrons. The lowest BCUT2D eigenvalue weighted by molar-refractivity contribution is -0.113. The molecule has 4 rings (SSSR count). The SMILES string of the molecule is O=C(CSc1nnc(-c2ccccn2)o1)Nc1ccc2ccccc2c1.